The molecule has 1 aliphatic heterocycles. The van der Waals surface area contributed by atoms with Crippen LogP contribution in [0.25, 0.3) is 16.9 Å². The lowest BCUT2D eigenvalue weighted by molar-refractivity contribution is -0.137. The number of nitrogens with zero attached hydrogens (tertiary/aromatic N) is 2. The van der Waals surface area contributed by atoms with Crippen LogP contribution in [0.2, 0.25) is 0 Å². The van der Waals surface area contributed by atoms with Crippen molar-refractivity contribution in [3.8, 4) is 22.7 Å². The third kappa shape index (κ3) is 2.79. The summed E-state index contributed by atoms with van der Waals surface area (Å²) in [5.41, 5.74) is 2.75. The molecule has 7 heteroatoms. The Morgan fingerprint density at radius 3 is 2.35 bits per heavy atom. The zero-order chi connectivity index (χ0) is 18.3. The van der Waals surface area contributed by atoms with E-state index in [1.165, 1.54) is 12.1 Å². The first-order chi connectivity index (χ1) is 12.5. The Hall–Kier alpha value is -2.96. The maximum Gasteiger partial charge on any atom is 0.416 e. The quantitative estimate of drug-likeness (QED) is 0.747. The zero-order valence-electron chi connectivity index (χ0n) is 14.0. The highest BCUT2D eigenvalue weighted by atomic mass is 19.4. The monoisotopic (exact) mass is 359 g/mol. The van der Waals surface area contributed by atoms with Crippen LogP contribution in [0.15, 0.2) is 48.5 Å². The number of anilines is 1. The fourth-order valence-corrected chi connectivity index (χ4v) is 3.13. The normalized spacial score (nSPS) is 13.4. The Morgan fingerprint density at radius 2 is 1.73 bits per heavy atom. The van der Waals surface area contributed by atoms with E-state index in [1.54, 1.807) is 11.8 Å². The number of alkyl halides is 3. The maximum absolute atomic E-state index is 12.8. The lowest BCUT2D eigenvalue weighted by atomic mass is 10.1. The van der Waals surface area contributed by atoms with Gasteiger partial charge in [0.05, 0.1) is 24.1 Å². The second-order valence-corrected chi connectivity index (χ2v) is 6.04. The molecule has 26 heavy (non-hydrogen) atoms. The molecule has 1 N–H and O–H groups in total. The van der Waals surface area contributed by atoms with Gasteiger partial charge in [0, 0.05) is 17.7 Å². The number of fused-ring (bicyclic) bond motifs is 1. The first-order valence-corrected chi connectivity index (χ1v) is 8.15. The topological polar surface area (TPSA) is 39.1 Å². The van der Waals surface area contributed by atoms with Gasteiger partial charge in [-0.3, -0.25) is 0 Å². The average Bonchev–Trinajstić information content (AvgIpc) is 3.24. The molecular formula is C19H16F3N3O. The zero-order valence-corrected chi connectivity index (χ0v) is 14.0. The molecule has 0 spiro atoms. The number of rotatable bonds is 3. The van der Waals surface area contributed by atoms with Gasteiger partial charge in [0.25, 0.3) is 0 Å². The fraction of sp³-hybridized carbons (Fsp3) is 0.211. The van der Waals surface area contributed by atoms with E-state index in [0.717, 1.165) is 53.5 Å². The second kappa shape index (κ2) is 6.09. The molecule has 0 saturated heterocycles. The van der Waals surface area contributed by atoms with Crippen LogP contribution in [-0.2, 0) is 12.6 Å². The van der Waals surface area contributed by atoms with Crippen LogP contribution in [-0.4, -0.2) is 23.4 Å². The first-order valence-electron chi connectivity index (χ1n) is 8.15. The van der Waals surface area contributed by atoms with Gasteiger partial charge in [0.1, 0.15) is 11.6 Å². The van der Waals surface area contributed by atoms with Crippen molar-refractivity contribution in [2.24, 2.45) is 0 Å². The van der Waals surface area contributed by atoms with Crippen molar-refractivity contribution in [3.63, 3.8) is 0 Å². The molecule has 1 aliphatic rings. The summed E-state index contributed by atoms with van der Waals surface area (Å²) in [6.07, 6.45) is -3.53. The number of methoxy groups -OCH3 is 1. The molecule has 2 heterocycles. The van der Waals surface area contributed by atoms with Crippen LogP contribution < -0.4 is 10.1 Å². The summed E-state index contributed by atoms with van der Waals surface area (Å²) in [6.45, 7) is 0.775. The van der Waals surface area contributed by atoms with Crippen molar-refractivity contribution in [1.82, 2.24) is 9.78 Å². The van der Waals surface area contributed by atoms with Gasteiger partial charge in [-0.25, -0.2) is 4.68 Å². The van der Waals surface area contributed by atoms with Gasteiger partial charge < -0.3 is 10.1 Å². The van der Waals surface area contributed by atoms with E-state index in [2.05, 4.69) is 10.4 Å². The summed E-state index contributed by atoms with van der Waals surface area (Å²) in [5.74, 6) is 1.58. The second-order valence-electron chi connectivity index (χ2n) is 6.04. The Bertz CT molecular complexity index is 928. The molecule has 0 unspecified atom stereocenters. The molecule has 0 radical (unpaired) electrons. The summed E-state index contributed by atoms with van der Waals surface area (Å²) in [4.78, 5) is 0. The van der Waals surface area contributed by atoms with Gasteiger partial charge in [-0.15, -0.1) is 0 Å². The number of hydrogen-bond donors (Lipinski definition) is 1. The van der Waals surface area contributed by atoms with Crippen molar-refractivity contribution >= 4 is 5.82 Å². The molecule has 1 aromatic heterocycles. The molecule has 4 rings (SSSR count). The van der Waals surface area contributed by atoms with Gasteiger partial charge in [0.15, 0.2) is 0 Å². The molecule has 0 fully saturated rings. The van der Waals surface area contributed by atoms with E-state index in [4.69, 9.17) is 4.74 Å². The summed E-state index contributed by atoms with van der Waals surface area (Å²) in [7, 11) is 1.61. The van der Waals surface area contributed by atoms with E-state index >= 15 is 0 Å². The number of hydrogen-bond acceptors (Lipinski definition) is 3. The third-order valence-electron chi connectivity index (χ3n) is 4.45. The number of halogens is 3. The molecule has 3 aromatic rings. The van der Waals surface area contributed by atoms with Gasteiger partial charge in [-0.05, 0) is 55.0 Å². The molecule has 2 aromatic carbocycles. The van der Waals surface area contributed by atoms with E-state index in [9.17, 15) is 13.2 Å². The minimum absolute atomic E-state index is 0.586. The van der Waals surface area contributed by atoms with Gasteiger partial charge in [-0.1, -0.05) is 0 Å². The largest absolute Gasteiger partial charge is 0.497 e. The fourth-order valence-electron chi connectivity index (χ4n) is 3.13. The molecule has 4 nitrogen and oxygen atoms in total. The highest BCUT2D eigenvalue weighted by molar-refractivity contribution is 5.73. The SMILES string of the molecule is COc1ccc(-c2nn(-c3ccc(C(F)(F)F)cc3)c3c2CCN3)cc1. The van der Waals surface area contributed by atoms with Crippen LogP contribution in [0.1, 0.15) is 11.1 Å². The number of aromatic nitrogens is 2. The van der Waals surface area contributed by atoms with E-state index in [0.29, 0.717) is 5.69 Å². The minimum Gasteiger partial charge on any atom is -0.497 e. The summed E-state index contributed by atoms with van der Waals surface area (Å²) in [5, 5.41) is 7.93. The van der Waals surface area contributed by atoms with Crippen LogP contribution in [0, 0.1) is 0 Å². The molecule has 0 aliphatic carbocycles. The Kier molecular flexibility index (Phi) is 3.86. The predicted octanol–water partition coefficient (Wildman–Crippen LogP) is 4.53. The van der Waals surface area contributed by atoms with Crippen molar-refractivity contribution in [2.75, 3.05) is 19.0 Å². The van der Waals surface area contributed by atoms with E-state index in [-0.39, 0.29) is 0 Å². The Morgan fingerprint density at radius 1 is 1.04 bits per heavy atom. The first kappa shape index (κ1) is 16.5. The average molecular weight is 359 g/mol. The van der Waals surface area contributed by atoms with Crippen molar-refractivity contribution < 1.29 is 17.9 Å². The minimum atomic E-state index is -4.35. The highest BCUT2D eigenvalue weighted by Gasteiger charge is 2.30. The Labute approximate surface area is 148 Å². The summed E-state index contributed by atoms with van der Waals surface area (Å²) in [6, 6.07) is 12.6. The molecule has 0 saturated carbocycles. The highest BCUT2D eigenvalue weighted by Crippen LogP contribution is 2.36. The number of nitrogens with one attached hydrogen (secondary N) is 1. The molecular weight excluding hydrogens is 343 g/mol. The number of ether oxygens (including phenoxy) is 1. The molecule has 0 atom stereocenters. The van der Waals surface area contributed by atoms with Gasteiger partial charge in [-0.2, -0.15) is 18.3 Å². The standard InChI is InChI=1S/C19H16F3N3O/c1-26-15-8-2-12(3-9-15)17-16-10-11-23-18(16)25(24-17)14-6-4-13(5-7-14)19(20,21)22/h2-9,23H,10-11H2,1H3. The van der Waals surface area contributed by atoms with Crippen molar-refractivity contribution in [2.45, 2.75) is 12.6 Å². The van der Waals surface area contributed by atoms with Crippen LogP contribution in [0.3, 0.4) is 0 Å². The molecule has 134 valence electrons. The maximum atomic E-state index is 12.8. The Balaban J connectivity index is 1.76. The lowest BCUT2D eigenvalue weighted by Crippen LogP contribution is -2.07. The van der Waals surface area contributed by atoms with Crippen molar-refractivity contribution in [3.05, 3.63) is 59.7 Å². The van der Waals surface area contributed by atoms with Crippen molar-refractivity contribution in [1.29, 1.82) is 0 Å². The summed E-state index contributed by atoms with van der Waals surface area (Å²) >= 11 is 0. The lowest BCUT2D eigenvalue weighted by Gasteiger charge is -2.09. The predicted molar refractivity (Wildman–Crippen MR) is 92.7 cm³/mol. The summed E-state index contributed by atoms with van der Waals surface area (Å²) < 4.78 is 45.2. The third-order valence-corrected chi connectivity index (χ3v) is 4.45. The van der Waals surface area contributed by atoms with Gasteiger partial charge >= 0.3 is 6.18 Å². The van der Waals surface area contributed by atoms with Gasteiger partial charge in [0.2, 0.25) is 0 Å². The van der Waals surface area contributed by atoms with Crippen LogP contribution in [0.5, 0.6) is 5.75 Å². The smallest absolute Gasteiger partial charge is 0.416 e. The molecule has 0 bridgehead atoms. The molecule has 0 amide bonds. The van der Waals surface area contributed by atoms with E-state index in [1.807, 2.05) is 24.3 Å². The van der Waals surface area contributed by atoms with E-state index < -0.39 is 11.7 Å². The van der Waals surface area contributed by atoms with Crippen LogP contribution >= 0.6 is 0 Å². The van der Waals surface area contributed by atoms with Crippen LogP contribution in [0.4, 0.5) is 19.0 Å². The number of benzene rings is 2.